The van der Waals surface area contributed by atoms with Crippen LogP contribution in [0, 0.1) is 12.8 Å². The highest BCUT2D eigenvalue weighted by Gasteiger charge is 2.40. The van der Waals surface area contributed by atoms with Crippen LogP contribution in [-0.2, 0) is 4.79 Å². The first kappa shape index (κ1) is 16.3. The van der Waals surface area contributed by atoms with Crippen molar-refractivity contribution in [3.8, 4) is 0 Å². The van der Waals surface area contributed by atoms with Crippen LogP contribution in [-0.4, -0.2) is 70.5 Å². The van der Waals surface area contributed by atoms with Gasteiger partial charge in [-0.15, -0.1) is 5.10 Å². The Balaban J connectivity index is 1.68. The summed E-state index contributed by atoms with van der Waals surface area (Å²) in [6, 6.07) is 0.273. The monoisotopic (exact) mass is 337 g/mol. The predicted octanol–water partition coefficient (Wildman–Crippen LogP) is 0.519. The highest BCUT2D eigenvalue weighted by atomic mass is 32.1. The van der Waals surface area contributed by atoms with E-state index >= 15 is 0 Å². The first-order valence-corrected chi connectivity index (χ1v) is 8.91. The van der Waals surface area contributed by atoms with Gasteiger partial charge in [-0.05, 0) is 44.3 Å². The molecule has 7 nitrogen and oxygen atoms in total. The van der Waals surface area contributed by atoms with Crippen LogP contribution in [0.1, 0.15) is 34.6 Å². The summed E-state index contributed by atoms with van der Waals surface area (Å²) in [6.07, 6.45) is 2.33. The highest BCUT2D eigenvalue weighted by molar-refractivity contribution is 7.07. The predicted molar refractivity (Wildman–Crippen MR) is 87.3 cm³/mol. The molecule has 1 aromatic heterocycles. The van der Waals surface area contributed by atoms with E-state index in [9.17, 15) is 9.59 Å². The summed E-state index contributed by atoms with van der Waals surface area (Å²) in [5.74, 6) is 0.668. The zero-order chi connectivity index (χ0) is 16.4. The van der Waals surface area contributed by atoms with Gasteiger partial charge in [0.15, 0.2) is 0 Å². The lowest BCUT2D eigenvalue weighted by Gasteiger charge is -2.47. The molecule has 126 valence electrons. The lowest BCUT2D eigenvalue weighted by molar-refractivity contribution is -0.140. The Morgan fingerprint density at radius 1 is 1.43 bits per heavy atom. The lowest BCUT2D eigenvalue weighted by atomic mass is 9.83. The topological polar surface area (TPSA) is 78.4 Å². The van der Waals surface area contributed by atoms with Gasteiger partial charge in [-0.3, -0.25) is 9.59 Å². The molecule has 0 spiro atoms. The Morgan fingerprint density at radius 2 is 2.26 bits per heavy atom. The van der Waals surface area contributed by atoms with Gasteiger partial charge in [-0.2, -0.15) is 0 Å². The third-order valence-electron chi connectivity index (χ3n) is 4.88. The third kappa shape index (κ3) is 3.23. The molecule has 0 aliphatic carbocycles. The second-order valence-corrected chi connectivity index (χ2v) is 7.04. The van der Waals surface area contributed by atoms with E-state index < -0.39 is 0 Å². The Morgan fingerprint density at radius 3 is 2.96 bits per heavy atom. The number of nitrogens with zero attached hydrogens (tertiary/aromatic N) is 4. The Kier molecular flexibility index (Phi) is 4.91. The number of likely N-dealkylation sites (N-methyl/N-ethyl adjacent to an activating group) is 1. The van der Waals surface area contributed by atoms with Crippen molar-refractivity contribution in [2.24, 2.45) is 5.92 Å². The lowest BCUT2D eigenvalue weighted by Crippen LogP contribution is -2.57. The number of hydrogen-bond donors (Lipinski definition) is 1. The van der Waals surface area contributed by atoms with Crippen molar-refractivity contribution in [2.45, 2.75) is 32.2 Å². The van der Waals surface area contributed by atoms with Crippen LogP contribution in [0.5, 0.6) is 0 Å². The van der Waals surface area contributed by atoms with E-state index in [2.05, 4.69) is 14.9 Å². The number of fused-ring (bicyclic) bond motifs is 1. The molecule has 0 unspecified atom stereocenters. The van der Waals surface area contributed by atoms with Crippen LogP contribution in [0.15, 0.2) is 0 Å². The molecule has 1 aromatic rings. The Hall–Kier alpha value is -1.54. The number of piperidine rings is 2. The number of likely N-dealkylation sites (tertiary alicyclic amines) is 2. The summed E-state index contributed by atoms with van der Waals surface area (Å²) in [4.78, 5) is 29.4. The fourth-order valence-electron chi connectivity index (χ4n) is 3.63. The molecule has 3 heterocycles. The summed E-state index contributed by atoms with van der Waals surface area (Å²) < 4.78 is 3.86. The second kappa shape index (κ2) is 6.92. The van der Waals surface area contributed by atoms with Gasteiger partial charge in [0.25, 0.3) is 5.91 Å². The molecule has 2 aliphatic heterocycles. The standard InChI is InChI=1S/C15H23N5O2S/c1-10-14(23-18-17-10)15(22)19-7-5-12-11(9-19)3-4-13(21)20(12)8-6-16-2/h11-12,16H,3-9H2,1-2H3/t11-,12+/m0/s1. The van der Waals surface area contributed by atoms with Crippen LogP contribution in [0.2, 0.25) is 0 Å². The van der Waals surface area contributed by atoms with Crippen molar-refractivity contribution in [3.63, 3.8) is 0 Å². The van der Waals surface area contributed by atoms with E-state index in [1.807, 2.05) is 23.8 Å². The van der Waals surface area contributed by atoms with E-state index in [4.69, 9.17) is 0 Å². The number of carbonyl (C=O) groups is 2. The number of aromatic nitrogens is 2. The number of carbonyl (C=O) groups excluding carboxylic acids is 2. The fraction of sp³-hybridized carbons (Fsp3) is 0.733. The van der Waals surface area contributed by atoms with E-state index in [1.165, 1.54) is 11.5 Å². The maximum absolute atomic E-state index is 12.6. The summed E-state index contributed by atoms with van der Waals surface area (Å²) in [5.41, 5.74) is 0.705. The number of hydrogen-bond acceptors (Lipinski definition) is 6. The molecule has 2 fully saturated rings. The molecule has 23 heavy (non-hydrogen) atoms. The molecule has 2 amide bonds. The minimum absolute atomic E-state index is 0.0367. The maximum Gasteiger partial charge on any atom is 0.267 e. The molecule has 0 aromatic carbocycles. The number of rotatable bonds is 4. The van der Waals surface area contributed by atoms with E-state index in [-0.39, 0.29) is 17.9 Å². The van der Waals surface area contributed by atoms with E-state index in [1.54, 1.807) is 0 Å². The number of aryl methyl sites for hydroxylation is 1. The zero-order valence-electron chi connectivity index (χ0n) is 13.6. The molecule has 0 bridgehead atoms. The van der Waals surface area contributed by atoms with Crippen molar-refractivity contribution >= 4 is 23.3 Å². The molecule has 0 radical (unpaired) electrons. The molecular weight excluding hydrogens is 314 g/mol. The van der Waals surface area contributed by atoms with Crippen LogP contribution >= 0.6 is 11.5 Å². The average molecular weight is 337 g/mol. The van der Waals surface area contributed by atoms with Gasteiger partial charge < -0.3 is 15.1 Å². The quantitative estimate of drug-likeness (QED) is 0.866. The first-order chi connectivity index (χ1) is 11.1. The van der Waals surface area contributed by atoms with Crippen molar-refractivity contribution in [1.82, 2.24) is 24.7 Å². The molecule has 2 saturated heterocycles. The smallest absolute Gasteiger partial charge is 0.267 e. The third-order valence-corrected chi connectivity index (χ3v) is 5.70. The van der Waals surface area contributed by atoms with Gasteiger partial charge in [0, 0.05) is 38.6 Å². The summed E-state index contributed by atoms with van der Waals surface area (Å²) in [7, 11) is 1.90. The second-order valence-electron chi connectivity index (χ2n) is 6.28. The summed E-state index contributed by atoms with van der Waals surface area (Å²) >= 11 is 1.17. The molecule has 1 N–H and O–H groups in total. The van der Waals surface area contributed by atoms with E-state index in [0.29, 0.717) is 29.5 Å². The highest BCUT2D eigenvalue weighted by Crippen LogP contribution is 2.32. The van der Waals surface area contributed by atoms with Gasteiger partial charge in [0.05, 0.1) is 5.69 Å². The zero-order valence-corrected chi connectivity index (χ0v) is 14.4. The summed E-state index contributed by atoms with van der Waals surface area (Å²) in [6.45, 7) is 4.80. The summed E-state index contributed by atoms with van der Waals surface area (Å²) in [5, 5.41) is 7.04. The van der Waals surface area contributed by atoms with Crippen LogP contribution in [0.3, 0.4) is 0 Å². The first-order valence-electron chi connectivity index (χ1n) is 8.14. The van der Waals surface area contributed by atoms with E-state index in [0.717, 1.165) is 32.5 Å². The molecule has 2 aliphatic rings. The van der Waals surface area contributed by atoms with Crippen LogP contribution < -0.4 is 5.32 Å². The number of amides is 2. The van der Waals surface area contributed by atoms with Crippen molar-refractivity contribution in [3.05, 3.63) is 10.6 Å². The van der Waals surface area contributed by atoms with Gasteiger partial charge in [-0.25, -0.2) is 0 Å². The van der Waals surface area contributed by atoms with Crippen molar-refractivity contribution in [1.29, 1.82) is 0 Å². The van der Waals surface area contributed by atoms with Crippen molar-refractivity contribution < 1.29 is 9.59 Å². The SMILES string of the molecule is CNCCN1C(=O)CC[C@H]2CN(C(=O)c3snnc3C)CC[C@H]21. The van der Waals surface area contributed by atoms with Gasteiger partial charge in [0.2, 0.25) is 5.91 Å². The Bertz CT molecular complexity index is 590. The average Bonchev–Trinajstić information content (AvgIpc) is 2.99. The van der Waals surface area contributed by atoms with Gasteiger partial charge in [0.1, 0.15) is 4.88 Å². The maximum atomic E-state index is 12.6. The van der Waals surface area contributed by atoms with Crippen LogP contribution in [0.25, 0.3) is 0 Å². The fourth-order valence-corrected chi connectivity index (χ4v) is 4.25. The Labute approximate surface area is 140 Å². The molecule has 2 atom stereocenters. The van der Waals surface area contributed by atoms with Crippen molar-refractivity contribution in [2.75, 3.05) is 33.2 Å². The molecule has 0 saturated carbocycles. The van der Waals surface area contributed by atoms with Crippen LogP contribution in [0.4, 0.5) is 0 Å². The minimum atomic E-state index is 0.0367. The molecular formula is C15H23N5O2S. The minimum Gasteiger partial charge on any atom is -0.338 e. The van der Waals surface area contributed by atoms with Gasteiger partial charge in [-0.1, -0.05) is 4.49 Å². The molecule has 3 rings (SSSR count). The normalized spacial score (nSPS) is 24.7. The number of nitrogens with one attached hydrogen (secondary N) is 1. The molecule has 8 heteroatoms. The van der Waals surface area contributed by atoms with Gasteiger partial charge >= 0.3 is 0 Å². The largest absolute Gasteiger partial charge is 0.338 e.